The molecule has 0 spiro atoms. The van der Waals surface area contributed by atoms with E-state index in [0.717, 1.165) is 12.8 Å². The standard InChI is InChI=1S/C28H32ClN5O5S/c1-19(35)23-14-20(6-7-24(23)30)17-40(37,38)33-12-10-32(11-13-33)25-16-31-34(22-5-3-4-21(29)15-22)27(36)26(25)39-18-28(2)8-9-28/h3-7,14-16H,8-13,17-18,30H2,1-2H3. The van der Waals surface area contributed by atoms with Gasteiger partial charge in [-0.05, 0) is 55.7 Å². The number of piperazine rings is 1. The van der Waals surface area contributed by atoms with Gasteiger partial charge in [0.05, 0.1) is 24.2 Å². The molecule has 2 aliphatic rings. The number of nitrogens with zero attached hydrogens (tertiary/aromatic N) is 4. The minimum Gasteiger partial charge on any atom is -0.486 e. The van der Waals surface area contributed by atoms with Crippen molar-refractivity contribution in [2.24, 2.45) is 5.41 Å². The van der Waals surface area contributed by atoms with Crippen molar-refractivity contribution < 1.29 is 17.9 Å². The number of aromatic nitrogens is 2. The molecule has 0 unspecified atom stereocenters. The fourth-order valence-corrected chi connectivity index (χ4v) is 6.38. The second-order valence-electron chi connectivity index (χ2n) is 10.8. The number of carbonyl (C=O) groups is 1. The molecule has 2 fully saturated rings. The molecule has 2 heterocycles. The van der Waals surface area contributed by atoms with Gasteiger partial charge in [0.2, 0.25) is 15.8 Å². The van der Waals surface area contributed by atoms with Gasteiger partial charge in [-0.15, -0.1) is 0 Å². The van der Waals surface area contributed by atoms with Crippen LogP contribution in [-0.4, -0.2) is 61.1 Å². The van der Waals surface area contributed by atoms with Gasteiger partial charge in [-0.3, -0.25) is 9.59 Å². The van der Waals surface area contributed by atoms with Gasteiger partial charge in [-0.25, -0.2) is 8.42 Å². The van der Waals surface area contributed by atoms with E-state index in [1.54, 1.807) is 42.6 Å². The Bertz CT molecular complexity index is 1610. The molecule has 0 amide bonds. The number of halogens is 1. The quantitative estimate of drug-likeness (QED) is 0.298. The van der Waals surface area contributed by atoms with Crippen molar-refractivity contribution in [2.45, 2.75) is 32.4 Å². The Kier molecular flexibility index (Phi) is 7.64. The highest BCUT2D eigenvalue weighted by atomic mass is 35.5. The lowest BCUT2D eigenvalue weighted by Gasteiger charge is -2.35. The third-order valence-corrected chi connectivity index (χ3v) is 9.54. The predicted octanol–water partition coefficient (Wildman–Crippen LogP) is 3.50. The fraction of sp³-hybridized carbons (Fsp3) is 0.393. The van der Waals surface area contributed by atoms with Crippen LogP contribution in [0.4, 0.5) is 11.4 Å². The summed E-state index contributed by atoms with van der Waals surface area (Å²) in [6, 6.07) is 11.6. The summed E-state index contributed by atoms with van der Waals surface area (Å²) in [5.41, 5.74) is 7.70. The summed E-state index contributed by atoms with van der Waals surface area (Å²) in [5.74, 6) is -0.263. The molecule has 5 rings (SSSR count). The maximum atomic E-state index is 13.6. The lowest BCUT2D eigenvalue weighted by Crippen LogP contribution is -2.49. The molecule has 3 aromatic rings. The normalized spacial score (nSPS) is 17.0. The van der Waals surface area contributed by atoms with Crippen LogP contribution >= 0.6 is 11.6 Å². The number of ether oxygens (including phenoxy) is 1. The number of rotatable bonds is 9. The molecular weight excluding hydrogens is 554 g/mol. The topological polar surface area (TPSA) is 128 Å². The van der Waals surface area contributed by atoms with Gasteiger partial charge in [-0.2, -0.15) is 14.1 Å². The second-order valence-corrected chi connectivity index (χ2v) is 13.2. The van der Waals surface area contributed by atoms with Gasteiger partial charge in [0.1, 0.15) is 5.69 Å². The highest BCUT2D eigenvalue weighted by Gasteiger charge is 2.39. The maximum Gasteiger partial charge on any atom is 0.316 e. The number of ketones is 1. The van der Waals surface area contributed by atoms with Crippen LogP contribution in [0.3, 0.4) is 0 Å². The van der Waals surface area contributed by atoms with E-state index in [0.29, 0.717) is 52.9 Å². The number of hydrogen-bond acceptors (Lipinski definition) is 8. The summed E-state index contributed by atoms with van der Waals surface area (Å²) in [5, 5.41) is 4.88. The largest absolute Gasteiger partial charge is 0.486 e. The van der Waals surface area contributed by atoms with E-state index in [9.17, 15) is 18.0 Å². The molecule has 10 nitrogen and oxygen atoms in total. The average molecular weight is 586 g/mol. The SMILES string of the molecule is CC(=O)c1cc(CS(=O)(=O)N2CCN(c3cnn(-c4cccc(Cl)c4)c(=O)c3OCC3(C)CC3)CC2)ccc1N. The van der Waals surface area contributed by atoms with Crippen molar-refractivity contribution in [3.63, 3.8) is 0 Å². The first-order chi connectivity index (χ1) is 19.0. The monoisotopic (exact) mass is 585 g/mol. The molecule has 1 saturated heterocycles. The molecule has 1 saturated carbocycles. The minimum atomic E-state index is -3.65. The molecule has 0 bridgehead atoms. The van der Waals surface area contributed by atoms with E-state index in [1.165, 1.54) is 22.0 Å². The number of sulfonamides is 1. The Labute approximate surface area is 238 Å². The first-order valence-corrected chi connectivity index (χ1v) is 15.1. The van der Waals surface area contributed by atoms with E-state index in [4.69, 9.17) is 22.1 Å². The van der Waals surface area contributed by atoms with Crippen molar-refractivity contribution in [1.29, 1.82) is 0 Å². The lowest BCUT2D eigenvalue weighted by molar-refractivity contribution is 0.101. The minimum absolute atomic E-state index is 0.0466. The van der Waals surface area contributed by atoms with Crippen molar-refractivity contribution >= 4 is 38.8 Å². The van der Waals surface area contributed by atoms with Gasteiger partial charge >= 0.3 is 5.56 Å². The van der Waals surface area contributed by atoms with Crippen molar-refractivity contribution in [3.8, 4) is 11.4 Å². The van der Waals surface area contributed by atoms with Crippen LogP contribution in [0.2, 0.25) is 5.02 Å². The molecule has 12 heteroatoms. The molecule has 2 aromatic carbocycles. The highest BCUT2D eigenvalue weighted by molar-refractivity contribution is 7.88. The average Bonchev–Trinajstić information content (AvgIpc) is 3.65. The number of nitrogens with two attached hydrogens (primary N) is 1. The molecule has 1 aromatic heterocycles. The second kappa shape index (κ2) is 10.9. The van der Waals surface area contributed by atoms with Crippen LogP contribution in [0.1, 0.15) is 42.6 Å². The number of Topliss-reactive ketones (excluding diaryl/α,β-unsaturated/α-hetero) is 1. The molecule has 0 radical (unpaired) electrons. The van der Waals surface area contributed by atoms with E-state index in [-0.39, 0.29) is 35.8 Å². The number of benzene rings is 2. The predicted molar refractivity (Wildman–Crippen MR) is 155 cm³/mol. The first kappa shape index (κ1) is 28.1. The van der Waals surface area contributed by atoms with Crippen LogP contribution in [0.25, 0.3) is 5.69 Å². The van der Waals surface area contributed by atoms with Crippen LogP contribution in [0.15, 0.2) is 53.5 Å². The summed E-state index contributed by atoms with van der Waals surface area (Å²) in [6.45, 7) is 5.09. The third-order valence-electron chi connectivity index (χ3n) is 7.45. The molecular formula is C28H32ClN5O5S. The molecule has 0 atom stereocenters. The van der Waals surface area contributed by atoms with Crippen LogP contribution in [0.5, 0.6) is 5.75 Å². The number of anilines is 2. The zero-order valence-corrected chi connectivity index (χ0v) is 24.0. The Balaban J connectivity index is 1.35. The summed E-state index contributed by atoms with van der Waals surface area (Å²) in [4.78, 5) is 27.3. The van der Waals surface area contributed by atoms with Crippen molar-refractivity contribution in [2.75, 3.05) is 43.4 Å². The Morgan fingerprint density at radius 1 is 1.12 bits per heavy atom. The molecule has 1 aliphatic carbocycles. The maximum absolute atomic E-state index is 13.6. The zero-order valence-electron chi connectivity index (χ0n) is 22.5. The number of carbonyl (C=O) groups excluding carboxylic acids is 1. The van der Waals surface area contributed by atoms with Crippen LogP contribution in [0, 0.1) is 5.41 Å². The number of nitrogen functional groups attached to an aromatic ring is 1. The molecule has 1 aliphatic heterocycles. The lowest BCUT2D eigenvalue weighted by atomic mass is 10.1. The van der Waals surface area contributed by atoms with Crippen LogP contribution in [-0.2, 0) is 15.8 Å². The van der Waals surface area contributed by atoms with E-state index >= 15 is 0 Å². The van der Waals surface area contributed by atoms with Crippen molar-refractivity contribution in [1.82, 2.24) is 14.1 Å². The van der Waals surface area contributed by atoms with E-state index in [2.05, 4.69) is 12.0 Å². The molecule has 40 heavy (non-hydrogen) atoms. The Hall–Kier alpha value is -3.41. The third kappa shape index (κ3) is 6.01. The Morgan fingerprint density at radius 2 is 1.85 bits per heavy atom. The van der Waals surface area contributed by atoms with Crippen LogP contribution < -0.4 is 20.9 Å². The van der Waals surface area contributed by atoms with E-state index < -0.39 is 15.6 Å². The summed E-state index contributed by atoms with van der Waals surface area (Å²) < 4.78 is 35.3. The van der Waals surface area contributed by atoms with Gasteiger partial charge < -0.3 is 15.4 Å². The van der Waals surface area contributed by atoms with Gasteiger partial charge in [0.25, 0.3) is 0 Å². The molecule has 212 valence electrons. The smallest absolute Gasteiger partial charge is 0.316 e. The van der Waals surface area contributed by atoms with Crippen molar-refractivity contribution in [3.05, 3.63) is 75.2 Å². The number of hydrogen-bond donors (Lipinski definition) is 1. The van der Waals surface area contributed by atoms with Gasteiger partial charge in [0.15, 0.2) is 5.78 Å². The summed E-state index contributed by atoms with van der Waals surface area (Å²) in [7, 11) is -3.65. The molecule has 2 N–H and O–H groups in total. The Morgan fingerprint density at radius 3 is 2.50 bits per heavy atom. The van der Waals surface area contributed by atoms with Gasteiger partial charge in [0, 0.05) is 47.9 Å². The highest BCUT2D eigenvalue weighted by Crippen LogP contribution is 2.45. The van der Waals surface area contributed by atoms with E-state index in [1.807, 2.05) is 4.90 Å². The first-order valence-electron chi connectivity index (χ1n) is 13.1. The fourth-order valence-electron chi connectivity index (χ4n) is 4.69. The summed E-state index contributed by atoms with van der Waals surface area (Å²) in [6.07, 6.45) is 3.66. The summed E-state index contributed by atoms with van der Waals surface area (Å²) >= 11 is 6.14. The zero-order chi connectivity index (χ0) is 28.7. The van der Waals surface area contributed by atoms with Gasteiger partial charge in [-0.1, -0.05) is 30.7 Å².